The van der Waals surface area contributed by atoms with Crippen LogP contribution in [-0.2, 0) is 4.79 Å². The SMILES string of the molecule is O=C1C[C@@H](c2ccc(F)cc2)C=C2Nc3ncnn3[C@H](c3ccccc3Cl)[C@@H]12. The van der Waals surface area contributed by atoms with Crippen molar-refractivity contribution in [3.8, 4) is 0 Å². The molecule has 0 radical (unpaired) electrons. The third-order valence-corrected chi connectivity index (χ3v) is 5.76. The van der Waals surface area contributed by atoms with Crippen molar-refractivity contribution < 1.29 is 9.18 Å². The van der Waals surface area contributed by atoms with E-state index in [1.807, 2.05) is 30.3 Å². The van der Waals surface area contributed by atoms with Crippen LogP contribution in [0, 0.1) is 11.7 Å². The Morgan fingerprint density at radius 1 is 1.14 bits per heavy atom. The first kappa shape index (κ1) is 17.1. The highest BCUT2D eigenvalue weighted by molar-refractivity contribution is 6.31. The van der Waals surface area contributed by atoms with Crippen molar-refractivity contribution in [3.63, 3.8) is 0 Å². The van der Waals surface area contributed by atoms with Crippen molar-refractivity contribution in [2.24, 2.45) is 5.92 Å². The zero-order valence-electron chi connectivity index (χ0n) is 14.7. The van der Waals surface area contributed by atoms with Gasteiger partial charge in [-0.3, -0.25) is 4.79 Å². The van der Waals surface area contributed by atoms with Crippen LogP contribution in [-0.4, -0.2) is 20.5 Å². The van der Waals surface area contributed by atoms with Crippen LogP contribution in [0.4, 0.5) is 10.3 Å². The highest BCUT2D eigenvalue weighted by atomic mass is 35.5. The van der Waals surface area contributed by atoms with E-state index in [0.29, 0.717) is 17.4 Å². The lowest BCUT2D eigenvalue weighted by molar-refractivity contribution is -0.123. The molecule has 5 rings (SSSR count). The molecule has 140 valence electrons. The number of hydrogen-bond donors (Lipinski definition) is 1. The van der Waals surface area contributed by atoms with E-state index in [-0.39, 0.29) is 23.6 Å². The summed E-state index contributed by atoms with van der Waals surface area (Å²) in [5.41, 5.74) is 2.53. The van der Waals surface area contributed by atoms with Gasteiger partial charge in [0.15, 0.2) is 0 Å². The van der Waals surface area contributed by atoms with E-state index in [9.17, 15) is 9.18 Å². The van der Waals surface area contributed by atoms with Gasteiger partial charge in [-0.25, -0.2) is 9.07 Å². The maximum atomic E-state index is 13.3. The molecule has 0 saturated heterocycles. The number of aromatic nitrogens is 3. The van der Waals surface area contributed by atoms with E-state index < -0.39 is 5.92 Å². The Balaban J connectivity index is 1.62. The van der Waals surface area contributed by atoms with Crippen LogP contribution in [0.1, 0.15) is 29.5 Å². The number of carbonyl (C=O) groups excluding carboxylic acids is 1. The van der Waals surface area contributed by atoms with Crippen molar-refractivity contribution in [1.82, 2.24) is 14.8 Å². The van der Waals surface area contributed by atoms with Gasteiger partial charge < -0.3 is 5.32 Å². The van der Waals surface area contributed by atoms with E-state index >= 15 is 0 Å². The second-order valence-electron chi connectivity index (χ2n) is 7.05. The summed E-state index contributed by atoms with van der Waals surface area (Å²) < 4.78 is 15.0. The number of allylic oxidation sites excluding steroid dienone is 2. The molecule has 1 aliphatic heterocycles. The van der Waals surface area contributed by atoms with Gasteiger partial charge in [0, 0.05) is 23.1 Å². The molecule has 2 aliphatic rings. The number of halogens is 2. The Bertz CT molecular complexity index is 1090. The lowest BCUT2D eigenvalue weighted by Crippen LogP contribution is -2.40. The lowest BCUT2D eigenvalue weighted by atomic mass is 9.75. The van der Waals surface area contributed by atoms with Gasteiger partial charge >= 0.3 is 0 Å². The second kappa shape index (κ2) is 6.56. The number of rotatable bonds is 2. The number of hydrogen-bond acceptors (Lipinski definition) is 4. The molecule has 1 aliphatic carbocycles. The third-order valence-electron chi connectivity index (χ3n) is 5.41. The van der Waals surface area contributed by atoms with Gasteiger partial charge in [0.25, 0.3) is 0 Å². The van der Waals surface area contributed by atoms with Gasteiger partial charge in [-0.15, -0.1) is 0 Å². The van der Waals surface area contributed by atoms with E-state index in [0.717, 1.165) is 16.8 Å². The molecule has 1 N–H and O–H groups in total. The molecule has 5 nitrogen and oxygen atoms in total. The van der Waals surface area contributed by atoms with Crippen LogP contribution in [0.15, 0.2) is 66.6 Å². The molecule has 7 heteroatoms. The molecule has 1 aromatic heterocycles. The fourth-order valence-electron chi connectivity index (χ4n) is 4.13. The van der Waals surface area contributed by atoms with E-state index in [1.165, 1.54) is 18.5 Å². The minimum absolute atomic E-state index is 0.0883. The highest BCUT2D eigenvalue weighted by Gasteiger charge is 2.43. The number of benzene rings is 2. The number of nitrogens with one attached hydrogen (secondary N) is 1. The maximum absolute atomic E-state index is 13.3. The summed E-state index contributed by atoms with van der Waals surface area (Å²) >= 11 is 6.46. The molecule has 0 unspecified atom stereocenters. The summed E-state index contributed by atoms with van der Waals surface area (Å²) in [7, 11) is 0. The zero-order valence-corrected chi connectivity index (χ0v) is 15.5. The quantitative estimate of drug-likeness (QED) is 0.702. The molecule has 0 amide bonds. The summed E-state index contributed by atoms with van der Waals surface area (Å²) in [5.74, 6) is -0.177. The molecule has 2 heterocycles. The van der Waals surface area contributed by atoms with Crippen molar-refractivity contribution >= 4 is 23.3 Å². The first-order valence-corrected chi connectivity index (χ1v) is 9.40. The molecule has 2 aromatic carbocycles. The van der Waals surface area contributed by atoms with Crippen molar-refractivity contribution in [2.75, 3.05) is 5.32 Å². The molecule has 28 heavy (non-hydrogen) atoms. The van der Waals surface area contributed by atoms with Crippen LogP contribution in [0.5, 0.6) is 0 Å². The molecule has 0 spiro atoms. The molecule has 0 saturated carbocycles. The number of Topliss-reactive ketones (excluding diaryl/α,β-unsaturated/α-hetero) is 1. The summed E-state index contributed by atoms with van der Waals surface area (Å²) in [6.07, 6.45) is 3.85. The number of anilines is 1. The van der Waals surface area contributed by atoms with Gasteiger partial charge in [-0.05, 0) is 29.3 Å². The number of nitrogens with zero attached hydrogens (tertiary/aromatic N) is 3. The summed E-state index contributed by atoms with van der Waals surface area (Å²) in [6.45, 7) is 0. The molecule has 0 fully saturated rings. The average molecular weight is 395 g/mol. The van der Waals surface area contributed by atoms with Crippen LogP contribution >= 0.6 is 11.6 Å². The minimum Gasteiger partial charge on any atom is -0.328 e. The van der Waals surface area contributed by atoms with E-state index in [1.54, 1.807) is 16.8 Å². The third kappa shape index (κ3) is 2.72. The molecule has 3 aromatic rings. The summed E-state index contributed by atoms with van der Waals surface area (Å²) in [5, 5.41) is 8.17. The predicted octanol–water partition coefficient (Wildman–Crippen LogP) is 4.34. The fourth-order valence-corrected chi connectivity index (χ4v) is 4.37. The molecular formula is C21H16ClFN4O. The van der Waals surface area contributed by atoms with Gasteiger partial charge in [0.1, 0.15) is 17.9 Å². The standard InChI is InChI=1S/C21H16ClFN4O/c22-16-4-2-1-3-15(16)20-19-17(26-21-24-11-25-27(20)21)9-13(10-18(19)28)12-5-7-14(23)8-6-12/h1-9,11,13,19-20H,10H2,(H,24,25,26)/t13-,19+,20+/m0/s1. The molecular weight excluding hydrogens is 379 g/mol. The Morgan fingerprint density at radius 3 is 2.71 bits per heavy atom. The lowest BCUT2D eigenvalue weighted by Gasteiger charge is -2.38. The van der Waals surface area contributed by atoms with Gasteiger partial charge in [-0.2, -0.15) is 10.1 Å². The monoisotopic (exact) mass is 394 g/mol. The molecule has 0 bridgehead atoms. The Kier molecular flexibility index (Phi) is 4.02. The topological polar surface area (TPSA) is 59.8 Å². The van der Waals surface area contributed by atoms with Crippen molar-refractivity contribution in [3.05, 3.63) is 88.6 Å². The second-order valence-corrected chi connectivity index (χ2v) is 7.45. The Morgan fingerprint density at radius 2 is 1.93 bits per heavy atom. The summed E-state index contributed by atoms with van der Waals surface area (Å²) in [4.78, 5) is 17.5. The number of fused-ring (bicyclic) bond motifs is 2. The predicted molar refractivity (Wildman–Crippen MR) is 104 cm³/mol. The smallest absolute Gasteiger partial charge is 0.226 e. The maximum Gasteiger partial charge on any atom is 0.226 e. The molecule has 3 atom stereocenters. The Labute approximate surface area is 165 Å². The number of ketones is 1. The van der Waals surface area contributed by atoms with Crippen LogP contribution in [0.3, 0.4) is 0 Å². The van der Waals surface area contributed by atoms with Crippen LogP contribution in [0.2, 0.25) is 5.02 Å². The minimum atomic E-state index is -0.425. The zero-order chi connectivity index (χ0) is 19.3. The van der Waals surface area contributed by atoms with Crippen LogP contribution in [0.25, 0.3) is 0 Å². The fraction of sp³-hybridized carbons (Fsp3) is 0.190. The average Bonchev–Trinajstić information content (AvgIpc) is 3.15. The van der Waals surface area contributed by atoms with Gasteiger partial charge in [0.2, 0.25) is 5.95 Å². The van der Waals surface area contributed by atoms with Crippen molar-refractivity contribution in [2.45, 2.75) is 18.4 Å². The largest absolute Gasteiger partial charge is 0.328 e. The highest BCUT2D eigenvalue weighted by Crippen LogP contribution is 2.45. The normalized spacial score (nSPS) is 23.4. The first-order valence-electron chi connectivity index (χ1n) is 9.02. The van der Waals surface area contributed by atoms with Crippen molar-refractivity contribution in [1.29, 1.82) is 0 Å². The van der Waals surface area contributed by atoms with Gasteiger partial charge in [-0.1, -0.05) is 48.0 Å². The summed E-state index contributed by atoms with van der Waals surface area (Å²) in [6, 6.07) is 13.4. The van der Waals surface area contributed by atoms with E-state index in [4.69, 9.17) is 11.6 Å². The number of carbonyl (C=O) groups is 1. The Hall–Kier alpha value is -2.99. The van der Waals surface area contributed by atoms with Crippen LogP contribution < -0.4 is 5.32 Å². The first-order chi connectivity index (χ1) is 13.6. The van der Waals surface area contributed by atoms with Gasteiger partial charge in [0.05, 0.1) is 12.0 Å². The van der Waals surface area contributed by atoms with E-state index in [2.05, 4.69) is 15.4 Å².